The van der Waals surface area contributed by atoms with Gasteiger partial charge in [0, 0.05) is 29.2 Å². The SMILES string of the molecule is COc1ccc([C@H]2NCCc3c2[nH]c2cc(OC)ccc32)cc1. The van der Waals surface area contributed by atoms with Crippen LogP contribution in [0.15, 0.2) is 42.5 Å². The Hall–Kier alpha value is -2.46. The summed E-state index contributed by atoms with van der Waals surface area (Å²) < 4.78 is 10.6. The maximum absolute atomic E-state index is 5.34. The fourth-order valence-corrected chi connectivity index (χ4v) is 3.42. The molecule has 1 aliphatic heterocycles. The lowest BCUT2D eigenvalue weighted by Crippen LogP contribution is -2.30. The van der Waals surface area contributed by atoms with Crippen LogP contribution >= 0.6 is 0 Å². The molecule has 0 saturated carbocycles. The minimum absolute atomic E-state index is 0.183. The van der Waals surface area contributed by atoms with Crippen LogP contribution in [0.3, 0.4) is 0 Å². The lowest BCUT2D eigenvalue weighted by Gasteiger charge is -2.25. The van der Waals surface area contributed by atoms with Crippen molar-refractivity contribution < 1.29 is 9.47 Å². The second kappa shape index (κ2) is 5.63. The van der Waals surface area contributed by atoms with Crippen LogP contribution < -0.4 is 14.8 Å². The third-order valence-corrected chi connectivity index (χ3v) is 4.61. The molecule has 2 N–H and O–H groups in total. The molecule has 0 spiro atoms. The molecular formula is C19H20N2O2. The van der Waals surface area contributed by atoms with E-state index in [0.717, 1.165) is 30.0 Å². The number of fused-ring (bicyclic) bond motifs is 3. The lowest BCUT2D eigenvalue weighted by atomic mass is 9.94. The molecule has 0 bridgehead atoms. The van der Waals surface area contributed by atoms with E-state index in [-0.39, 0.29) is 6.04 Å². The van der Waals surface area contributed by atoms with Gasteiger partial charge in [-0.15, -0.1) is 0 Å². The van der Waals surface area contributed by atoms with E-state index in [0.29, 0.717) is 0 Å². The largest absolute Gasteiger partial charge is 0.497 e. The average Bonchev–Trinajstić information content (AvgIpc) is 2.99. The van der Waals surface area contributed by atoms with Gasteiger partial charge in [0.05, 0.1) is 20.3 Å². The van der Waals surface area contributed by atoms with Gasteiger partial charge in [-0.3, -0.25) is 0 Å². The number of ether oxygens (including phenoxy) is 2. The van der Waals surface area contributed by atoms with Crippen molar-refractivity contribution in [2.45, 2.75) is 12.5 Å². The van der Waals surface area contributed by atoms with E-state index in [1.807, 2.05) is 18.2 Å². The van der Waals surface area contributed by atoms with E-state index in [1.54, 1.807) is 14.2 Å². The predicted molar refractivity (Wildman–Crippen MR) is 91.4 cm³/mol. The van der Waals surface area contributed by atoms with Gasteiger partial charge >= 0.3 is 0 Å². The standard InChI is InChI=1S/C19H20N2O2/c1-22-13-5-3-12(4-6-13)18-19-16(9-10-20-18)15-8-7-14(23-2)11-17(15)21-19/h3-8,11,18,20-21H,9-10H2,1-2H3/t18-/m1/s1. The van der Waals surface area contributed by atoms with Crippen LogP contribution in [0.1, 0.15) is 22.9 Å². The first-order chi connectivity index (χ1) is 11.3. The third kappa shape index (κ3) is 2.35. The number of hydrogen-bond acceptors (Lipinski definition) is 3. The molecule has 3 aromatic rings. The van der Waals surface area contributed by atoms with Crippen LogP contribution in [0, 0.1) is 0 Å². The van der Waals surface area contributed by atoms with Crippen molar-refractivity contribution in [3.8, 4) is 11.5 Å². The Morgan fingerprint density at radius 1 is 0.957 bits per heavy atom. The smallest absolute Gasteiger partial charge is 0.120 e. The highest BCUT2D eigenvalue weighted by Gasteiger charge is 2.25. The maximum atomic E-state index is 5.34. The van der Waals surface area contributed by atoms with Crippen molar-refractivity contribution >= 4 is 10.9 Å². The second-order valence-corrected chi connectivity index (χ2v) is 5.84. The number of benzene rings is 2. The predicted octanol–water partition coefficient (Wildman–Crippen LogP) is 3.42. The van der Waals surface area contributed by atoms with Gasteiger partial charge in [0.15, 0.2) is 0 Å². The van der Waals surface area contributed by atoms with E-state index >= 15 is 0 Å². The van der Waals surface area contributed by atoms with E-state index < -0.39 is 0 Å². The Morgan fingerprint density at radius 3 is 2.43 bits per heavy atom. The fraction of sp³-hybridized carbons (Fsp3) is 0.263. The molecule has 2 aromatic carbocycles. The Bertz CT molecular complexity index is 836. The molecular weight excluding hydrogens is 288 g/mol. The van der Waals surface area contributed by atoms with Crippen LogP contribution in [-0.4, -0.2) is 25.7 Å². The number of aromatic amines is 1. The summed E-state index contributed by atoms with van der Waals surface area (Å²) in [4.78, 5) is 3.59. The van der Waals surface area contributed by atoms with Gasteiger partial charge in [0.25, 0.3) is 0 Å². The van der Waals surface area contributed by atoms with E-state index in [1.165, 1.54) is 22.2 Å². The molecule has 1 aliphatic rings. The highest BCUT2D eigenvalue weighted by molar-refractivity contribution is 5.86. The lowest BCUT2D eigenvalue weighted by molar-refractivity contribution is 0.414. The molecule has 0 radical (unpaired) electrons. The zero-order valence-corrected chi connectivity index (χ0v) is 13.3. The van der Waals surface area contributed by atoms with Gasteiger partial charge in [-0.05, 0) is 41.8 Å². The van der Waals surface area contributed by atoms with Crippen LogP contribution in [-0.2, 0) is 6.42 Å². The molecule has 4 rings (SSSR count). The Morgan fingerprint density at radius 2 is 1.70 bits per heavy atom. The van der Waals surface area contributed by atoms with Crippen LogP contribution in [0.25, 0.3) is 10.9 Å². The molecule has 0 unspecified atom stereocenters. The molecule has 1 atom stereocenters. The molecule has 0 saturated heterocycles. The minimum Gasteiger partial charge on any atom is -0.497 e. The molecule has 4 nitrogen and oxygen atoms in total. The van der Waals surface area contributed by atoms with Gasteiger partial charge in [-0.25, -0.2) is 0 Å². The Kier molecular flexibility index (Phi) is 3.46. The van der Waals surface area contributed by atoms with Gasteiger partial charge in [-0.1, -0.05) is 12.1 Å². The first-order valence-corrected chi connectivity index (χ1v) is 7.86. The van der Waals surface area contributed by atoms with Crippen LogP contribution in [0.4, 0.5) is 0 Å². The highest BCUT2D eigenvalue weighted by Crippen LogP contribution is 2.35. The number of aromatic nitrogens is 1. The van der Waals surface area contributed by atoms with Crippen molar-refractivity contribution in [1.82, 2.24) is 10.3 Å². The molecule has 23 heavy (non-hydrogen) atoms. The summed E-state index contributed by atoms with van der Waals surface area (Å²) in [5.74, 6) is 1.76. The molecule has 1 aromatic heterocycles. The highest BCUT2D eigenvalue weighted by atomic mass is 16.5. The third-order valence-electron chi connectivity index (χ3n) is 4.61. The molecule has 0 aliphatic carbocycles. The monoisotopic (exact) mass is 308 g/mol. The molecule has 118 valence electrons. The summed E-state index contributed by atoms with van der Waals surface area (Å²) in [6.45, 7) is 0.975. The van der Waals surface area contributed by atoms with Crippen molar-refractivity contribution in [3.63, 3.8) is 0 Å². The van der Waals surface area contributed by atoms with Crippen LogP contribution in [0.2, 0.25) is 0 Å². The van der Waals surface area contributed by atoms with Crippen molar-refractivity contribution in [2.24, 2.45) is 0 Å². The Labute approximate surface area is 135 Å². The fourth-order valence-electron chi connectivity index (χ4n) is 3.42. The van der Waals surface area contributed by atoms with E-state index in [2.05, 4.69) is 34.6 Å². The molecule has 4 heteroatoms. The average molecular weight is 308 g/mol. The van der Waals surface area contributed by atoms with E-state index in [4.69, 9.17) is 9.47 Å². The maximum Gasteiger partial charge on any atom is 0.120 e. The number of nitrogens with one attached hydrogen (secondary N) is 2. The normalized spacial score (nSPS) is 17.0. The van der Waals surface area contributed by atoms with Crippen LogP contribution in [0.5, 0.6) is 11.5 Å². The first-order valence-electron chi connectivity index (χ1n) is 7.86. The molecule has 2 heterocycles. The van der Waals surface area contributed by atoms with Crippen molar-refractivity contribution in [1.29, 1.82) is 0 Å². The summed E-state index contributed by atoms with van der Waals surface area (Å²) in [7, 11) is 3.39. The minimum atomic E-state index is 0.183. The second-order valence-electron chi connectivity index (χ2n) is 5.84. The van der Waals surface area contributed by atoms with Gasteiger partial charge < -0.3 is 19.8 Å². The van der Waals surface area contributed by atoms with Gasteiger partial charge in [0.2, 0.25) is 0 Å². The van der Waals surface area contributed by atoms with Gasteiger partial charge in [-0.2, -0.15) is 0 Å². The topological polar surface area (TPSA) is 46.3 Å². The number of hydrogen-bond donors (Lipinski definition) is 2. The number of rotatable bonds is 3. The first kappa shape index (κ1) is 14.2. The summed E-state index contributed by atoms with van der Waals surface area (Å²) in [5.41, 5.74) is 5.04. The van der Waals surface area contributed by atoms with Crippen molar-refractivity contribution in [3.05, 3.63) is 59.3 Å². The zero-order valence-electron chi connectivity index (χ0n) is 13.3. The summed E-state index contributed by atoms with van der Waals surface area (Å²) in [6, 6.07) is 14.7. The number of methoxy groups -OCH3 is 2. The Balaban J connectivity index is 1.80. The number of H-pyrrole nitrogens is 1. The molecule has 0 fully saturated rings. The quantitative estimate of drug-likeness (QED) is 0.779. The summed E-state index contributed by atoms with van der Waals surface area (Å²) in [5, 5.41) is 4.91. The van der Waals surface area contributed by atoms with E-state index in [9.17, 15) is 0 Å². The van der Waals surface area contributed by atoms with Crippen molar-refractivity contribution in [2.75, 3.05) is 20.8 Å². The molecule has 0 amide bonds. The zero-order chi connectivity index (χ0) is 15.8. The summed E-state index contributed by atoms with van der Waals surface area (Å²) in [6.07, 6.45) is 1.04. The summed E-state index contributed by atoms with van der Waals surface area (Å²) >= 11 is 0. The van der Waals surface area contributed by atoms with Gasteiger partial charge in [0.1, 0.15) is 11.5 Å².